The van der Waals surface area contributed by atoms with Crippen molar-refractivity contribution in [2.45, 2.75) is 52.7 Å². The number of hydrogen-bond acceptors (Lipinski definition) is 6. The van der Waals surface area contributed by atoms with E-state index in [1.807, 2.05) is 29.3 Å². The minimum atomic E-state index is -0.725. The third kappa shape index (κ3) is 8.75. The van der Waals surface area contributed by atoms with E-state index in [1.165, 1.54) is 0 Å². The Morgan fingerprint density at radius 2 is 1.69 bits per heavy atom. The number of amides is 4. The fourth-order valence-corrected chi connectivity index (χ4v) is 3.84. The van der Waals surface area contributed by atoms with Crippen molar-refractivity contribution in [1.82, 2.24) is 26.1 Å². The van der Waals surface area contributed by atoms with Crippen LogP contribution in [0.3, 0.4) is 0 Å². The maximum atomic E-state index is 11.9. The summed E-state index contributed by atoms with van der Waals surface area (Å²) in [6.45, 7) is 10.3. The number of benzene rings is 1. The molecule has 3 N–H and O–H groups in total. The predicted molar refractivity (Wildman–Crippen MR) is 137 cm³/mol. The number of piperazine rings is 1. The van der Waals surface area contributed by atoms with Crippen molar-refractivity contribution in [3.63, 3.8) is 0 Å². The molecule has 0 radical (unpaired) electrons. The Kier molecular flexibility index (Phi) is 9.10. The van der Waals surface area contributed by atoms with Crippen LogP contribution in [-0.4, -0.2) is 59.7 Å². The molecule has 10 nitrogen and oxygen atoms in total. The standard InChI is InChI=1S/C26H36N6O4/c1-19(33)31-12-14-32(15-13-31)23-11-10-22(27-18-23)9-8-20-6-5-7-21(16-20)17-28-24(34)29-30-25(35)36-26(2,3)4/h5-7,10-11,16,18H,8-9,12-15,17H2,1-4H3,(H,30,35)(H2,28,29,34). The molecule has 1 aromatic heterocycles. The maximum Gasteiger partial charge on any atom is 0.426 e. The van der Waals surface area contributed by atoms with Gasteiger partial charge in [-0.1, -0.05) is 24.3 Å². The zero-order valence-corrected chi connectivity index (χ0v) is 21.5. The number of carbonyl (C=O) groups excluding carboxylic acids is 3. The summed E-state index contributed by atoms with van der Waals surface area (Å²) < 4.78 is 5.07. The lowest BCUT2D eigenvalue weighted by Gasteiger charge is -2.35. The number of ether oxygens (including phenoxy) is 1. The van der Waals surface area contributed by atoms with E-state index in [2.05, 4.69) is 44.3 Å². The first-order valence-corrected chi connectivity index (χ1v) is 12.1. The SMILES string of the molecule is CC(=O)N1CCN(c2ccc(CCc3cccc(CNC(=O)NNC(=O)OC(C)(C)C)c3)nc2)CC1. The number of nitrogens with one attached hydrogen (secondary N) is 3. The normalized spacial score (nSPS) is 13.7. The Labute approximate surface area is 212 Å². The molecule has 36 heavy (non-hydrogen) atoms. The molecule has 3 rings (SSSR count). The third-order valence-corrected chi connectivity index (χ3v) is 5.69. The highest BCUT2D eigenvalue weighted by atomic mass is 16.6. The van der Waals surface area contributed by atoms with Gasteiger partial charge in [0.15, 0.2) is 0 Å². The van der Waals surface area contributed by atoms with Crippen LogP contribution < -0.4 is 21.1 Å². The van der Waals surface area contributed by atoms with Crippen LogP contribution in [0.15, 0.2) is 42.6 Å². The minimum absolute atomic E-state index is 0.126. The van der Waals surface area contributed by atoms with Gasteiger partial charge in [-0.25, -0.2) is 20.4 Å². The van der Waals surface area contributed by atoms with Crippen LogP contribution in [0.2, 0.25) is 0 Å². The molecule has 4 amide bonds. The summed E-state index contributed by atoms with van der Waals surface area (Å²) in [4.78, 5) is 43.8. The van der Waals surface area contributed by atoms with Crippen molar-refractivity contribution in [2.75, 3.05) is 31.1 Å². The number of anilines is 1. The summed E-state index contributed by atoms with van der Waals surface area (Å²) in [5.74, 6) is 0.126. The van der Waals surface area contributed by atoms with Gasteiger partial charge >= 0.3 is 12.1 Å². The molecule has 0 unspecified atom stereocenters. The summed E-state index contributed by atoms with van der Waals surface area (Å²) in [5, 5.41) is 2.71. The van der Waals surface area contributed by atoms with Crippen LogP contribution in [0.5, 0.6) is 0 Å². The number of aryl methyl sites for hydroxylation is 2. The molecule has 0 saturated carbocycles. The van der Waals surface area contributed by atoms with E-state index in [-0.39, 0.29) is 5.91 Å². The van der Waals surface area contributed by atoms with E-state index in [9.17, 15) is 14.4 Å². The quantitative estimate of drug-likeness (QED) is 0.530. The van der Waals surface area contributed by atoms with Gasteiger partial charge in [0.05, 0.1) is 11.9 Å². The Morgan fingerprint density at radius 1 is 0.972 bits per heavy atom. The summed E-state index contributed by atoms with van der Waals surface area (Å²) in [6.07, 6.45) is 2.81. The van der Waals surface area contributed by atoms with E-state index >= 15 is 0 Å². The molecule has 1 saturated heterocycles. The molecule has 0 aliphatic carbocycles. The Hall–Kier alpha value is -3.82. The number of nitrogens with zero attached hydrogens (tertiary/aromatic N) is 3. The number of carbonyl (C=O) groups is 3. The fourth-order valence-electron chi connectivity index (χ4n) is 3.84. The van der Waals surface area contributed by atoms with Gasteiger partial charge in [0.25, 0.3) is 0 Å². The molecule has 1 aliphatic heterocycles. The average Bonchev–Trinajstić information content (AvgIpc) is 2.84. The van der Waals surface area contributed by atoms with Crippen LogP contribution in [0.25, 0.3) is 0 Å². The number of pyridine rings is 1. The molecule has 2 aromatic rings. The first-order valence-electron chi connectivity index (χ1n) is 12.1. The zero-order chi connectivity index (χ0) is 26.1. The largest absolute Gasteiger partial charge is 0.443 e. The van der Waals surface area contributed by atoms with Gasteiger partial charge in [-0.15, -0.1) is 0 Å². The first kappa shape index (κ1) is 26.8. The highest BCUT2D eigenvalue weighted by molar-refractivity contribution is 5.77. The minimum Gasteiger partial charge on any atom is -0.443 e. The van der Waals surface area contributed by atoms with E-state index in [0.29, 0.717) is 6.54 Å². The van der Waals surface area contributed by atoms with E-state index < -0.39 is 17.7 Å². The number of urea groups is 1. The average molecular weight is 497 g/mol. The van der Waals surface area contributed by atoms with Gasteiger partial charge < -0.3 is 19.9 Å². The third-order valence-electron chi connectivity index (χ3n) is 5.69. The maximum absolute atomic E-state index is 11.9. The molecule has 0 spiro atoms. The Morgan fingerprint density at radius 3 is 2.33 bits per heavy atom. The van der Waals surface area contributed by atoms with Gasteiger partial charge in [-0.05, 0) is 56.9 Å². The van der Waals surface area contributed by atoms with Crippen molar-refractivity contribution in [3.05, 3.63) is 59.4 Å². The molecule has 1 aromatic carbocycles. The Bertz CT molecular complexity index is 1040. The molecule has 0 bridgehead atoms. The lowest BCUT2D eigenvalue weighted by atomic mass is 10.0. The number of rotatable bonds is 6. The van der Waals surface area contributed by atoms with E-state index in [0.717, 1.165) is 61.5 Å². The fraction of sp³-hybridized carbons (Fsp3) is 0.462. The topological polar surface area (TPSA) is 116 Å². The van der Waals surface area contributed by atoms with Crippen molar-refractivity contribution in [1.29, 1.82) is 0 Å². The molecule has 0 atom stereocenters. The predicted octanol–water partition coefficient (Wildman–Crippen LogP) is 2.77. The van der Waals surface area contributed by atoms with Gasteiger partial charge in [0, 0.05) is 45.3 Å². The van der Waals surface area contributed by atoms with Crippen molar-refractivity contribution in [3.8, 4) is 0 Å². The number of hydrazine groups is 1. The lowest BCUT2D eigenvalue weighted by Crippen LogP contribution is -2.48. The molecular weight excluding hydrogens is 460 g/mol. The Balaban J connectivity index is 1.42. The highest BCUT2D eigenvalue weighted by Gasteiger charge is 2.19. The second-order valence-corrected chi connectivity index (χ2v) is 9.76. The number of hydrogen-bond donors (Lipinski definition) is 3. The molecular formula is C26H36N6O4. The molecule has 10 heteroatoms. The van der Waals surface area contributed by atoms with Crippen molar-refractivity contribution >= 4 is 23.7 Å². The summed E-state index contributed by atoms with van der Waals surface area (Å²) >= 11 is 0. The van der Waals surface area contributed by atoms with Crippen molar-refractivity contribution in [2.24, 2.45) is 0 Å². The van der Waals surface area contributed by atoms with E-state index in [1.54, 1.807) is 27.7 Å². The van der Waals surface area contributed by atoms with Crippen LogP contribution in [0.1, 0.15) is 44.5 Å². The highest BCUT2D eigenvalue weighted by Crippen LogP contribution is 2.17. The second kappa shape index (κ2) is 12.2. The van der Waals surface area contributed by atoms with Crippen LogP contribution in [0, 0.1) is 0 Å². The zero-order valence-electron chi connectivity index (χ0n) is 21.5. The van der Waals surface area contributed by atoms with Gasteiger partial charge in [-0.2, -0.15) is 0 Å². The van der Waals surface area contributed by atoms with Gasteiger partial charge in [-0.3, -0.25) is 9.78 Å². The number of aromatic nitrogens is 1. The molecule has 1 aliphatic rings. The van der Waals surface area contributed by atoms with Crippen LogP contribution in [0.4, 0.5) is 15.3 Å². The monoisotopic (exact) mass is 496 g/mol. The molecule has 2 heterocycles. The van der Waals surface area contributed by atoms with Gasteiger partial charge in [0.1, 0.15) is 5.60 Å². The van der Waals surface area contributed by atoms with Crippen molar-refractivity contribution < 1.29 is 19.1 Å². The molecule has 1 fully saturated rings. The molecule has 194 valence electrons. The first-order chi connectivity index (χ1) is 17.1. The smallest absolute Gasteiger partial charge is 0.426 e. The van der Waals surface area contributed by atoms with Crippen LogP contribution in [-0.2, 0) is 28.9 Å². The second-order valence-electron chi connectivity index (χ2n) is 9.76. The summed E-state index contributed by atoms with van der Waals surface area (Å²) in [6, 6.07) is 11.6. The van der Waals surface area contributed by atoms with E-state index in [4.69, 9.17) is 4.74 Å². The summed E-state index contributed by atoms with van der Waals surface area (Å²) in [7, 11) is 0. The van der Waals surface area contributed by atoms with Crippen LogP contribution >= 0.6 is 0 Å². The van der Waals surface area contributed by atoms with Gasteiger partial charge in [0.2, 0.25) is 5.91 Å². The summed E-state index contributed by atoms with van der Waals surface area (Å²) in [5.41, 5.74) is 8.02. The lowest BCUT2D eigenvalue weighted by molar-refractivity contribution is -0.129.